The second-order valence-electron chi connectivity index (χ2n) is 5.54. The molecular formula is C16H21NO2. The van der Waals surface area contributed by atoms with Gasteiger partial charge in [-0.05, 0) is 30.9 Å². The number of nitrogens with zero attached hydrogens (tertiary/aromatic N) is 1. The van der Waals surface area contributed by atoms with Crippen molar-refractivity contribution in [3.8, 4) is 5.75 Å². The van der Waals surface area contributed by atoms with Gasteiger partial charge in [-0.15, -0.1) is 0 Å². The molecule has 1 aromatic rings. The molecule has 1 saturated heterocycles. The molecule has 1 amide bonds. The van der Waals surface area contributed by atoms with Crippen molar-refractivity contribution in [2.24, 2.45) is 0 Å². The molecule has 0 N–H and O–H groups in total. The second kappa shape index (κ2) is 4.87. The van der Waals surface area contributed by atoms with Crippen molar-refractivity contribution in [1.29, 1.82) is 0 Å². The van der Waals surface area contributed by atoms with Gasteiger partial charge in [-0.25, -0.2) is 0 Å². The Hall–Kier alpha value is -1.51. The molecule has 2 aliphatic rings. The van der Waals surface area contributed by atoms with E-state index in [4.69, 9.17) is 4.74 Å². The van der Waals surface area contributed by atoms with Crippen LogP contribution in [0.3, 0.4) is 0 Å². The zero-order chi connectivity index (χ0) is 13.4. The van der Waals surface area contributed by atoms with E-state index in [-0.39, 0.29) is 0 Å². The number of amides is 1. The first-order valence-electron chi connectivity index (χ1n) is 7.21. The number of aryl methyl sites for hydroxylation is 1. The Morgan fingerprint density at radius 2 is 2.26 bits per heavy atom. The van der Waals surface area contributed by atoms with Crippen LogP contribution in [0.2, 0.25) is 0 Å². The zero-order valence-electron chi connectivity index (χ0n) is 11.7. The van der Waals surface area contributed by atoms with Crippen LogP contribution < -0.4 is 4.74 Å². The summed E-state index contributed by atoms with van der Waals surface area (Å²) in [6.45, 7) is 3.03. The highest BCUT2D eigenvalue weighted by molar-refractivity contribution is 5.81. The van der Waals surface area contributed by atoms with E-state index in [9.17, 15) is 4.79 Å². The average Bonchev–Trinajstić information content (AvgIpc) is 2.75. The Kier molecular flexibility index (Phi) is 3.21. The Balaban J connectivity index is 2.00. The van der Waals surface area contributed by atoms with Crippen molar-refractivity contribution in [2.75, 3.05) is 13.7 Å². The summed E-state index contributed by atoms with van der Waals surface area (Å²) in [6, 6.07) is 6.64. The molecule has 1 aromatic carbocycles. The molecule has 1 aliphatic heterocycles. The summed E-state index contributed by atoms with van der Waals surface area (Å²) in [5.74, 6) is 1.60. The fourth-order valence-corrected chi connectivity index (χ4v) is 3.74. The smallest absolute Gasteiger partial charge is 0.223 e. The highest BCUT2D eigenvalue weighted by Gasteiger charge is 2.43. The van der Waals surface area contributed by atoms with Crippen LogP contribution in [0, 0.1) is 0 Å². The minimum Gasteiger partial charge on any atom is -0.496 e. The normalized spacial score (nSPS) is 25.2. The third kappa shape index (κ3) is 1.92. The molecule has 3 heteroatoms. The number of carbonyl (C=O) groups is 1. The fraction of sp³-hybridized carbons (Fsp3) is 0.562. The van der Waals surface area contributed by atoms with Gasteiger partial charge in [0.15, 0.2) is 0 Å². The summed E-state index contributed by atoms with van der Waals surface area (Å²) in [7, 11) is 1.72. The third-order valence-electron chi connectivity index (χ3n) is 4.50. The molecular weight excluding hydrogens is 238 g/mol. The predicted molar refractivity (Wildman–Crippen MR) is 74.5 cm³/mol. The maximum absolute atomic E-state index is 12.2. The number of hydrogen-bond donors (Lipinski definition) is 0. The summed E-state index contributed by atoms with van der Waals surface area (Å²) in [6.07, 6.45) is 3.84. The maximum atomic E-state index is 12.2. The van der Waals surface area contributed by atoms with Crippen molar-refractivity contribution in [2.45, 2.75) is 44.6 Å². The first-order chi connectivity index (χ1) is 9.26. The van der Waals surface area contributed by atoms with Crippen molar-refractivity contribution < 1.29 is 9.53 Å². The molecule has 3 nitrogen and oxygen atoms in total. The Bertz CT molecular complexity index is 483. The van der Waals surface area contributed by atoms with Crippen LogP contribution in [0.5, 0.6) is 5.75 Å². The van der Waals surface area contributed by atoms with Gasteiger partial charge in [-0.1, -0.05) is 19.1 Å². The number of hydrogen-bond acceptors (Lipinski definition) is 2. The van der Waals surface area contributed by atoms with Gasteiger partial charge in [-0.2, -0.15) is 0 Å². The molecule has 102 valence electrons. The number of methoxy groups -OCH3 is 1. The minimum absolute atomic E-state index is 0.315. The minimum atomic E-state index is 0.315. The predicted octanol–water partition coefficient (Wildman–Crippen LogP) is 2.74. The van der Waals surface area contributed by atoms with Crippen molar-refractivity contribution >= 4 is 5.91 Å². The Morgan fingerprint density at radius 3 is 3.00 bits per heavy atom. The summed E-state index contributed by atoms with van der Waals surface area (Å²) in [5, 5.41) is 0. The van der Waals surface area contributed by atoms with Gasteiger partial charge >= 0.3 is 0 Å². The number of likely N-dealkylation sites (tertiary alicyclic amines) is 1. The van der Waals surface area contributed by atoms with Crippen molar-refractivity contribution in [3.05, 3.63) is 29.3 Å². The van der Waals surface area contributed by atoms with Gasteiger partial charge in [-0.3, -0.25) is 4.79 Å². The fourth-order valence-electron chi connectivity index (χ4n) is 3.74. The number of fused-ring (bicyclic) bond motifs is 3. The molecule has 1 aliphatic carbocycles. The van der Waals surface area contributed by atoms with Gasteiger partial charge in [0, 0.05) is 30.5 Å². The van der Waals surface area contributed by atoms with E-state index >= 15 is 0 Å². The Morgan fingerprint density at radius 1 is 1.42 bits per heavy atom. The van der Waals surface area contributed by atoms with Crippen LogP contribution in [0.15, 0.2) is 18.2 Å². The molecule has 0 radical (unpaired) electrons. The number of ether oxygens (including phenoxy) is 1. The standard InChI is InChI=1S/C16H21NO2/c1-3-9-17-13-8-7-11-5-4-6-14(19-2)16(11)12(13)10-15(17)18/h4-6,12-13H,3,7-10H2,1-2H3. The lowest BCUT2D eigenvalue weighted by Gasteiger charge is -2.33. The molecule has 1 heterocycles. The van der Waals surface area contributed by atoms with E-state index in [2.05, 4.69) is 24.0 Å². The number of benzene rings is 1. The van der Waals surface area contributed by atoms with Gasteiger partial charge in [0.2, 0.25) is 5.91 Å². The van der Waals surface area contributed by atoms with Gasteiger partial charge in [0.25, 0.3) is 0 Å². The van der Waals surface area contributed by atoms with Gasteiger partial charge < -0.3 is 9.64 Å². The lowest BCUT2D eigenvalue weighted by Crippen LogP contribution is -2.37. The van der Waals surface area contributed by atoms with E-state index < -0.39 is 0 Å². The molecule has 0 spiro atoms. The molecule has 19 heavy (non-hydrogen) atoms. The zero-order valence-corrected chi connectivity index (χ0v) is 11.7. The van der Waals surface area contributed by atoms with Gasteiger partial charge in [0.1, 0.15) is 5.75 Å². The lowest BCUT2D eigenvalue weighted by molar-refractivity contribution is -0.129. The monoisotopic (exact) mass is 259 g/mol. The first-order valence-corrected chi connectivity index (χ1v) is 7.21. The molecule has 0 bridgehead atoms. The second-order valence-corrected chi connectivity index (χ2v) is 5.54. The third-order valence-corrected chi connectivity index (χ3v) is 4.50. The summed E-state index contributed by atoms with van der Waals surface area (Å²) < 4.78 is 5.52. The summed E-state index contributed by atoms with van der Waals surface area (Å²) in [4.78, 5) is 14.3. The quantitative estimate of drug-likeness (QED) is 0.835. The lowest BCUT2D eigenvalue weighted by atomic mass is 9.79. The SMILES string of the molecule is CCCN1C(=O)CC2c3c(cccc3OC)CCC21. The maximum Gasteiger partial charge on any atom is 0.223 e. The number of carbonyl (C=O) groups excluding carboxylic acids is 1. The largest absolute Gasteiger partial charge is 0.496 e. The Labute approximate surface area is 114 Å². The summed E-state index contributed by atoms with van der Waals surface area (Å²) in [5.41, 5.74) is 2.65. The van der Waals surface area contributed by atoms with Crippen molar-refractivity contribution in [3.63, 3.8) is 0 Å². The molecule has 1 fully saturated rings. The molecule has 3 rings (SSSR count). The van der Waals surface area contributed by atoms with Crippen LogP contribution in [0.4, 0.5) is 0 Å². The van der Waals surface area contributed by atoms with E-state index in [0.29, 0.717) is 24.3 Å². The van der Waals surface area contributed by atoms with Crippen molar-refractivity contribution in [1.82, 2.24) is 4.90 Å². The van der Waals surface area contributed by atoms with Crippen LogP contribution >= 0.6 is 0 Å². The van der Waals surface area contributed by atoms with Crippen LogP contribution in [-0.2, 0) is 11.2 Å². The van der Waals surface area contributed by atoms with E-state index in [0.717, 1.165) is 31.6 Å². The van der Waals surface area contributed by atoms with E-state index in [1.54, 1.807) is 7.11 Å². The molecule has 2 atom stereocenters. The van der Waals surface area contributed by atoms with Crippen LogP contribution in [0.1, 0.15) is 43.2 Å². The topological polar surface area (TPSA) is 29.5 Å². The summed E-state index contributed by atoms with van der Waals surface area (Å²) >= 11 is 0. The molecule has 0 saturated carbocycles. The molecule has 2 unspecified atom stereocenters. The first kappa shape index (κ1) is 12.5. The van der Waals surface area contributed by atoms with Crippen LogP contribution in [0.25, 0.3) is 0 Å². The molecule has 0 aromatic heterocycles. The van der Waals surface area contributed by atoms with E-state index in [1.807, 2.05) is 6.07 Å². The van der Waals surface area contributed by atoms with Gasteiger partial charge in [0.05, 0.1) is 7.11 Å². The highest BCUT2D eigenvalue weighted by Crippen LogP contribution is 2.45. The van der Waals surface area contributed by atoms with Crippen LogP contribution in [-0.4, -0.2) is 30.5 Å². The van der Waals surface area contributed by atoms with E-state index in [1.165, 1.54) is 11.1 Å². The average molecular weight is 259 g/mol. The number of rotatable bonds is 3. The highest BCUT2D eigenvalue weighted by atomic mass is 16.5.